The maximum absolute atomic E-state index is 12.9. The molecule has 10 heteroatoms. The van der Waals surface area contributed by atoms with Crippen LogP contribution in [0.25, 0.3) is 0 Å². The van der Waals surface area contributed by atoms with Crippen molar-refractivity contribution in [2.45, 2.75) is 147 Å². The van der Waals surface area contributed by atoms with Crippen molar-refractivity contribution >= 4 is 17.8 Å². The molecule has 1 aliphatic carbocycles. The van der Waals surface area contributed by atoms with E-state index in [4.69, 9.17) is 14.2 Å². The number of aliphatic hydroxyl groups excluding tert-OH is 2. The molecule has 1 heterocycles. The molecule has 1 fully saturated rings. The molecule has 1 saturated heterocycles. The molecule has 2 aliphatic rings. The molecular formula is C30H52N2O8. The van der Waals surface area contributed by atoms with Gasteiger partial charge in [-0.3, -0.25) is 14.4 Å². The van der Waals surface area contributed by atoms with Gasteiger partial charge in [0, 0.05) is 44.2 Å². The minimum Gasteiger partial charge on any atom is -0.460 e. The summed E-state index contributed by atoms with van der Waals surface area (Å²) in [6.45, 7) is 9.41. The van der Waals surface area contributed by atoms with Gasteiger partial charge in [0.2, 0.25) is 11.8 Å². The summed E-state index contributed by atoms with van der Waals surface area (Å²) in [5.74, 6) is -1.83. The molecule has 4 atom stereocenters. The highest BCUT2D eigenvalue weighted by molar-refractivity contribution is 5.94. The number of unbranched alkanes of at least 4 members (excludes halogenated alkanes) is 4. The second kappa shape index (κ2) is 16.4. The van der Waals surface area contributed by atoms with Gasteiger partial charge in [0.15, 0.2) is 5.79 Å². The molecular weight excluding hydrogens is 516 g/mol. The van der Waals surface area contributed by atoms with Gasteiger partial charge >= 0.3 is 5.97 Å². The second-order valence-electron chi connectivity index (χ2n) is 12.0. The zero-order valence-corrected chi connectivity index (χ0v) is 25.1. The van der Waals surface area contributed by atoms with E-state index in [-0.39, 0.29) is 50.6 Å². The summed E-state index contributed by atoms with van der Waals surface area (Å²) in [5, 5.41) is 25.8. The maximum Gasteiger partial charge on any atom is 0.306 e. The van der Waals surface area contributed by atoms with Crippen LogP contribution < -0.4 is 10.6 Å². The monoisotopic (exact) mass is 568 g/mol. The van der Waals surface area contributed by atoms with Crippen LogP contribution >= 0.6 is 0 Å². The first-order chi connectivity index (χ1) is 18.9. The van der Waals surface area contributed by atoms with Crippen LogP contribution in [0.4, 0.5) is 0 Å². The molecule has 0 saturated carbocycles. The lowest BCUT2D eigenvalue weighted by atomic mass is 9.92. The minimum atomic E-state index is -0.853. The van der Waals surface area contributed by atoms with E-state index in [9.17, 15) is 24.6 Å². The van der Waals surface area contributed by atoms with Crippen molar-refractivity contribution < 1.29 is 38.8 Å². The Morgan fingerprint density at radius 2 is 1.73 bits per heavy atom. The highest BCUT2D eigenvalue weighted by Gasteiger charge is 2.50. The summed E-state index contributed by atoms with van der Waals surface area (Å²) in [6.07, 6.45) is 8.24. The Hall–Kier alpha value is -2.01. The van der Waals surface area contributed by atoms with Gasteiger partial charge in [0.25, 0.3) is 0 Å². The molecule has 2 rings (SSSR count). The van der Waals surface area contributed by atoms with Crippen LogP contribution in [0.1, 0.15) is 112 Å². The fourth-order valence-corrected chi connectivity index (χ4v) is 5.11. The Morgan fingerprint density at radius 3 is 2.30 bits per heavy atom. The molecule has 10 nitrogen and oxygen atoms in total. The smallest absolute Gasteiger partial charge is 0.306 e. The Kier molecular flexibility index (Phi) is 14.1. The zero-order chi connectivity index (χ0) is 29.8. The van der Waals surface area contributed by atoms with E-state index in [0.29, 0.717) is 5.57 Å². The Labute approximate surface area is 239 Å². The van der Waals surface area contributed by atoms with E-state index in [1.165, 1.54) is 0 Å². The summed E-state index contributed by atoms with van der Waals surface area (Å²) in [4.78, 5) is 37.1. The minimum absolute atomic E-state index is 0.00808. The molecule has 4 N–H and O–H groups in total. The number of aliphatic hydroxyl groups is 2. The van der Waals surface area contributed by atoms with Gasteiger partial charge in [0.1, 0.15) is 17.8 Å². The molecule has 0 spiro atoms. The van der Waals surface area contributed by atoms with E-state index in [2.05, 4.69) is 24.5 Å². The number of ether oxygens (including phenoxy) is 3. The van der Waals surface area contributed by atoms with Crippen LogP contribution in [0.3, 0.4) is 0 Å². The van der Waals surface area contributed by atoms with Crippen LogP contribution in [0, 0.1) is 0 Å². The fourth-order valence-electron chi connectivity index (χ4n) is 5.11. The van der Waals surface area contributed by atoms with E-state index >= 15 is 0 Å². The molecule has 0 aromatic heterocycles. The number of esters is 1. The molecule has 0 unspecified atom stereocenters. The molecule has 0 bridgehead atoms. The molecule has 230 valence electrons. The fraction of sp³-hybridized carbons (Fsp3) is 0.833. The highest BCUT2D eigenvalue weighted by atomic mass is 16.8. The lowest BCUT2D eigenvalue weighted by molar-refractivity contribution is -0.190. The first kappa shape index (κ1) is 34.2. The third-order valence-corrected chi connectivity index (χ3v) is 7.15. The van der Waals surface area contributed by atoms with Gasteiger partial charge in [0.05, 0.1) is 18.8 Å². The summed E-state index contributed by atoms with van der Waals surface area (Å²) < 4.78 is 18.0. The van der Waals surface area contributed by atoms with Crippen LogP contribution in [-0.2, 0) is 28.6 Å². The Morgan fingerprint density at radius 1 is 1.07 bits per heavy atom. The standard InChI is InChI=1S/C30H52N2O8/c1-6-8-10-15-30(16-11-9-7-2)38-24-19-21(18-23(34)27(24)40-30)28(37)31-17-14-25(35)32-22(20-33)12-13-26(36)39-29(3,4)5/h19,22-24,27,33-34H,6-18,20H2,1-5H3,(H,31,37)(H,32,35)/t22-,23+,24+,27-/m0/s1. The van der Waals surface area contributed by atoms with Crippen molar-refractivity contribution in [2.75, 3.05) is 13.2 Å². The van der Waals surface area contributed by atoms with Gasteiger partial charge in [-0.25, -0.2) is 0 Å². The van der Waals surface area contributed by atoms with E-state index in [1.807, 2.05) is 0 Å². The third-order valence-electron chi connectivity index (χ3n) is 7.15. The number of hydrogen-bond acceptors (Lipinski definition) is 8. The number of amides is 2. The van der Waals surface area contributed by atoms with Crippen LogP contribution in [0.15, 0.2) is 11.6 Å². The van der Waals surface area contributed by atoms with Crippen LogP contribution in [0.2, 0.25) is 0 Å². The van der Waals surface area contributed by atoms with Crippen LogP contribution in [-0.4, -0.2) is 76.9 Å². The second-order valence-corrected chi connectivity index (χ2v) is 12.0. The third kappa shape index (κ3) is 11.5. The molecule has 0 aromatic carbocycles. The quantitative estimate of drug-likeness (QED) is 0.154. The number of rotatable bonds is 17. The first-order valence-corrected chi connectivity index (χ1v) is 15.1. The van der Waals surface area contributed by atoms with E-state index in [0.717, 1.165) is 51.4 Å². The number of carbonyl (C=O) groups excluding carboxylic acids is 3. The van der Waals surface area contributed by atoms with Crippen molar-refractivity contribution in [1.82, 2.24) is 10.6 Å². The van der Waals surface area contributed by atoms with Crippen molar-refractivity contribution in [1.29, 1.82) is 0 Å². The molecule has 0 aromatic rings. The Balaban J connectivity index is 1.85. The highest BCUT2D eigenvalue weighted by Crippen LogP contribution is 2.42. The summed E-state index contributed by atoms with van der Waals surface area (Å²) >= 11 is 0. The number of carbonyl (C=O) groups is 3. The Bertz CT molecular complexity index is 843. The van der Waals surface area contributed by atoms with Gasteiger partial charge in [-0.15, -0.1) is 0 Å². The molecule has 1 aliphatic heterocycles. The van der Waals surface area contributed by atoms with Gasteiger partial charge in [-0.2, -0.15) is 0 Å². The normalized spacial score (nSPS) is 22.7. The molecule has 40 heavy (non-hydrogen) atoms. The molecule has 0 radical (unpaired) electrons. The van der Waals surface area contributed by atoms with E-state index in [1.54, 1.807) is 26.8 Å². The number of nitrogens with one attached hydrogen (secondary N) is 2. The summed E-state index contributed by atoms with van der Waals surface area (Å²) in [6, 6.07) is -0.585. The lowest BCUT2D eigenvalue weighted by Crippen LogP contribution is -2.42. The van der Waals surface area contributed by atoms with Crippen molar-refractivity contribution in [2.24, 2.45) is 0 Å². The molecule has 2 amide bonds. The topological polar surface area (TPSA) is 143 Å². The lowest BCUT2D eigenvalue weighted by Gasteiger charge is -2.29. The zero-order valence-electron chi connectivity index (χ0n) is 25.1. The predicted octanol–water partition coefficient (Wildman–Crippen LogP) is 3.42. The summed E-state index contributed by atoms with van der Waals surface area (Å²) in [7, 11) is 0. The van der Waals surface area contributed by atoms with Gasteiger partial charge in [-0.05, 0) is 46.1 Å². The average molecular weight is 569 g/mol. The first-order valence-electron chi connectivity index (χ1n) is 15.1. The predicted molar refractivity (Wildman–Crippen MR) is 151 cm³/mol. The SMILES string of the molecule is CCCCCC1(CCCCC)O[C@H]2[C@H](O)CC(C(=O)NCCC(=O)N[C@H](CO)CCC(=O)OC(C)(C)C)=C[C@H]2O1. The maximum atomic E-state index is 12.9. The van der Waals surface area contributed by atoms with Crippen molar-refractivity contribution in [3.8, 4) is 0 Å². The van der Waals surface area contributed by atoms with Gasteiger partial charge < -0.3 is 35.1 Å². The van der Waals surface area contributed by atoms with Crippen LogP contribution in [0.5, 0.6) is 0 Å². The number of hydrogen-bond donors (Lipinski definition) is 4. The van der Waals surface area contributed by atoms with Crippen molar-refractivity contribution in [3.63, 3.8) is 0 Å². The van der Waals surface area contributed by atoms with Gasteiger partial charge in [-0.1, -0.05) is 39.5 Å². The number of fused-ring (bicyclic) bond motifs is 1. The average Bonchev–Trinajstić information content (AvgIpc) is 3.25. The largest absolute Gasteiger partial charge is 0.460 e. The van der Waals surface area contributed by atoms with Crippen molar-refractivity contribution in [3.05, 3.63) is 11.6 Å². The van der Waals surface area contributed by atoms with E-state index < -0.39 is 41.7 Å². The summed E-state index contributed by atoms with van der Waals surface area (Å²) in [5.41, 5.74) is -0.178.